The highest BCUT2D eigenvalue weighted by molar-refractivity contribution is 9.10. The molecule has 0 aliphatic carbocycles. The van der Waals surface area contributed by atoms with Crippen LogP contribution in [0, 0.1) is 13.8 Å². The Kier molecular flexibility index (Phi) is 7.01. The van der Waals surface area contributed by atoms with E-state index in [2.05, 4.69) is 26.6 Å². The van der Waals surface area contributed by atoms with E-state index in [-0.39, 0.29) is 18.4 Å². The second-order valence-electron chi connectivity index (χ2n) is 5.66. The lowest BCUT2D eigenvalue weighted by atomic mass is 10.1. The van der Waals surface area contributed by atoms with Crippen molar-refractivity contribution in [3.63, 3.8) is 0 Å². The lowest BCUT2D eigenvalue weighted by molar-refractivity contribution is -0.120. The zero-order valence-corrected chi connectivity index (χ0v) is 15.9. The van der Waals surface area contributed by atoms with Crippen molar-refractivity contribution in [2.45, 2.75) is 13.8 Å². The topological polar surface area (TPSA) is 67.4 Å². The maximum atomic E-state index is 11.9. The molecule has 0 saturated carbocycles. The molecule has 0 aliphatic rings. The maximum absolute atomic E-state index is 11.9. The van der Waals surface area contributed by atoms with Gasteiger partial charge in [-0.3, -0.25) is 9.59 Å². The molecule has 2 rings (SSSR count). The number of aryl methyl sites for hydroxylation is 2. The molecule has 0 saturated heterocycles. The molecular weight excluding hydrogens is 384 g/mol. The van der Waals surface area contributed by atoms with Crippen LogP contribution in [0.1, 0.15) is 21.5 Å². The molecule has 0 spiro atoms. The summed E-state index contributed by atoms with van der Waals surface area (Å²) < 4.78 is 6.46. The van der Waals surface area contributed by atoms with Gasteiger partial charge in [-0.15, -0.1) is 0 Å². The molecule has 0 atom stereocenters. The van der Waals surface area contributed by atoms with E-state index in [1.165, 1.54) is 5.56 Å². The highest BCUT2D eigenvalue weighted by Crippen LogP contribution is 2.18. The Morgan fingerprint density at radius 2 is 1.88 bits per heavy atom. The van der Waals surface area contributed by atoms with Crippen LogP contribution in [0.3, 0.4) is 0 Å². The molecule has 6 heteroatoms. The molecule has 0 fully saturated rings. The van der Waals surface area contributed by atoms with E-state index in [0.29, 0.717) is 18.7 Å². The molecule has 2 amide bonds. The molecule has 0 aliphatic heterocycles. The van der Waals surface area contributed by atoms with Gasteiger partial charge in [-0.05, 0) is 43.7 Å². The molecule has 0 aromatic heterocycles. The van der Waals surface area contributed by atoms with E-state index in [9.17, 15) is 9.59 Å². The Labute approximate surface area is 155 Å². The SMILES string of the molecule is Cc1ccc(OCCNC(=O)CNC(=O)c2cccc(Br)c2)c(C)c1. The van der Waals surface area contributed by atoms with Gasteiger partial charge in [0.05, 0.1) is 13.1 Å². The monoisotopic (exact) mass is 404 g/mol. The van der Waals surface area contributed by atoms with Crippen molar-refractivity contribution < 1.29 is 14.3 Å². The number of halogens is 1. The fourth-order valence-corrected chi connectivity index (χ4v) is 2.67. The minimum atomic E-state index is -0.289. The third-order valence-electron chi connectivity index (χ3n) is 3.51. The third-order valence-corrected chi connectivity index (χ3v) is 4.00. The minimum absolute atomic E-state index is 0.0745. The van der Waals surface area contributed by atoms with Gasteiger partial charge in [0.25, 0.3) is 5.91 Å². The highest BCUT2D eigenvalue weighted by atomic mass is 79.9. The van der Waals surface area contributed by atoms with Crippen LogP contribution < -0.4 is 15.4 Å². The van der Waals surface area contributed by atoms with Crippen molar-refractivity contribution in [1.29, 1.82) is 0 Å². The van der Waals surface area contributed by atoms with Gasteiger partial charge in [-0.1, -0.05) is 39.7 Å². The standard InChI is InChI=1S/C19H21BrN2O3/c1-13-6-7-17(14(2)10-13)25-9-8-21-18(23)12-22-19(24)15-4-3-5-16(20)11-15/h3-7,10-11H,8-9,12H2,1-2H3,(H,21,23)(H,22,24). The van der Waals surface area contributed by atoms with Crippen LogP contribution in [0.15, 0.2) is 46.9 Å². The zero-order chi connectivity index (χ0) is 18.2. The molecular formula is C19H21BrN2O3. The summed E-state index contributed by atoms with van der Waals surface area (Å²) in [5.74, 6) is 0.262. The molecule has 0 bridgehead atoms. The fraction of sp³-hybridized carbons (Fsp3) is 0.263. The number of hydrogen-bond acceptors (Lipinski definition) is 3. The number of hydrogen-bond donors (Lipinski definition) is 2. The van der Waals surface area contributed by atoms with E-state index >= 15 is 0 Å². The fourth-order valence-electron chi connectivity index (χ4n) is 2.27. The Balaban J connectivity index is 1.68. The molecule has 2 aromatic carbocycles. The Morgan fingerprint density at radius 1 is 1.08 bits per heavy atom. The first-order valence-electron chi connectivity index (χ1n) is 7.96. The molecule has 2 N–H and O–H groups in total. The first-order chi connectivity index (χ1) is 12.0. The first-order valence-corrected chi connectivity index (χ1v) is 8.75. The highest BCUT2D eigenvalue weighted by Gasteiger charge is 2.08. The van der Waals surface area contributed by atoms with E-state index in [0.717, 1.165) is 15.8 Å². The Morgan fingerprint density at radius 3 is 2.60 bits per heavy atom. The second kappa shape index (κ2) is 9.22. The lowest BCUT2D eigenvalue weighted by Gasteiger charge is -2.11. The van der Waals surface area contributed by atoms with Gasteiger partial charge in [0, 0.05) is 10.0 Å². The van der Waals surface area contributed by atoms with Crippen molar-refractivity contribution in [2.24, 2.45) is 0 Å². The van der Waals surface area contributed by atoms with Gasteiger partial charge in [-0.25, -0.2) is 0 Å². The van der Waals surface area contributed by atoms with Crippen LogP contribution in [0.5, 0.6) is 5.75 Å². The predicted octanol–water partition coefficient (Wildman–Crippen LogP) is 2.99. The quantitative estimate of drug-likeness (QED) is 0.696. The number of amides is 2. The summed E-state index contributed by atoms with van der Waals surface area (Å²) in [5.41, 5.74) is 2.74. The summed E-state index contributed by atoms with van der Waals surface area (Å²) in [4.78, 5) is 23.7. The number of nitrogens with one attached hydrogen (secondary N) is 2. The number of carbonyl (C=O) groups excluding carboxylic acids is 2. The molecule has 0 heterocycles. The van der Waals surface area contributed by atoms with E-state index in [1.807, 2.05) is 38.1 Å². The average molecular weight is 405 g/mol. The van der Waals surface area contributed by atoms with Crippen LogP contribution in [0.2, 0.25) is 0 Å². The minimum Gasteiger partial charge on any atom is -0.491 e. The summed E-state index contributed by atoms with van der Waals surface area (Å²) in [5, 5.41) is 5.30. The normalized spacial score (nSPS) is 10.2. The predicted molar refractivity (Wildman–Crippen MR) is 101 cm³/mol. The van der Waals surface area contributed by atoms with Crippen molar-refractivity contribution in [3.05, 3.63) is 63.6 Å². The average Bonchev–Trinajstić information content (AvgIpc) is 2.58. The van der Waals surface area contributed by atoms with Crippen LogP contribution in [0.4, 0.5) is 0 Å². The molecule has 25 heavy (non-hydrogen) atoms. The maximum Gasteiger partial charge on any atom is 0.251 e. The van der Waals surface area contributed by atoms with E-state index in [1.54, 1.807) is 18.2 Å². The van der Waals surface area contributed by atoms with E-state index in [4.69, 9.17) is 4.74 Å². The second-order valence-corrected chi connectivity index (χ2v) is 6.58. The molecule has 0 unspecified atom stereocenters. The molecule has 0 radical (unpaired) electrons. The molecule has 132 valence electrons. The van der Waals surface area contributed by atoms with E-state index < -0.39 is 0 Å². The van der Waals surface area contributed by atoms with Gasteiger partial charge in [-0.2, -0.15) is 0 Å². The van der Waals surface area contributed by atoms with Crippen LogP contribution >= 0.6 is 15.9 Å². The smallest absolute Gasteiger partial charge is 0.251 e. The van der Waals surface area contributed by atoms with Crippen molar-refractivity contribution in [1.82, 2.24) is 10.6 Å². The first kappa shape index (κ1) is 19.0. The largest absolute Gasteiger partial charge is 0.491 e. The van der Waals surface area contributed by atoms with Crippen molar-refractivity contribution in [2.75, 3.05) is 19.7 Å². The zero-order valence-electron chi connectivity index (χ0n) is 14.3. The summed E-state index contributed by atoms with van der Waals surface area (Å²) in [6.07, 6.45) is 0. The number of carbonyl (C=O) groups is 2. The van der Waals surface area contributed by atoms with Crippen LogP contribution in [-0.4, -0.2) is 31.5 Å². The summed E-state index contributed by atoms with van der Waals surface area (Å²) in [6.45, 7) is 4.68. The Bertz CT molecular complexity index is 762. The van der Waals surface area contributed by atoms with Gasteiger partial charge in [0.1, 0.15) is 12.4 Å². The van der Waals surface area contributed by atoms with Gasteiger partial charge >= 0.3 is 0 Å². The number of benzene rings is 2. The van der Waals surface area contributed by atoms with Crippen LogP contribution in [-0.2, 0) is 4.79 Å². The van der Waals surface area contributed by atoms with Crippen LogP contribution in [0.25, 0.3) is 0 Å². The number of rotatable bonds is 7. The van der Waals surface area contributed by atoms with Crippen molar-refractivity contribution in [3.8, 4) is 5.75 Å². The molecule has 5 nitrogen and oxygen atoms in total. The van der Waals surface area contributed by atoms with Gasteiger partial charge < -0.3 is 15.4 Å². The van der Waals surface area contributed by atoms with Gasteiger partial charge in [0.2, 0.25) is 5.91 Å². The summed E-state index contributed by atoms with van der Waals surface area (Å²) in [7, 11) is 0. The molecule has 2 aromatic rings. The lowest BCUT2D eigenvalue weighted by Crippen LogP contribution is -2.38. The summed E-state index contributed by atoms with van der Waals surface area (Å²) in [6, 6.07) is 12.9. The third kappa shape index (κ3) is 6.23. The van der Waals surface area contributed by atoms with Gasteiger partial charge in [0.15, 0.2) is 0 Å². The van der Waals surface area contributed by atoms with Crippen molar-refractivity contribution >= 4 is 27.7 Å². The Hall–Kier alpha value is -2.34. The number of ether oxygens (including phenoxy) is 1. The summed E-state index contributed by atoms with van der Waals surface area (Å²) >= 11 is 3.31.